The molecule has 2 nitrogen and oxygen atoms in total. The Morgan fingerprint density at radius 3 is 1.96 bits per heavy atom. The van der Waals surface area contributed by atoms with Crippen LogP contribution in [0.15, 0.2) is 12.2 Å². The van der Waals surface area contributed by atoms with Crippen LogP contribution in [0.2, 0.25) is 0 Å². The van der Waals surface area contributed by atoms with Crippen LogP contribution in [0.3, 0.4) is 0 Å². The van der Waals surface area contributed by atoms with Crippen molar-refractivity contribution in [1.82, 2.24) is 0 Å². The molecule has 0 fully saturated rings. The van der Waals surface area contributed by atoms with Gasteiger partial charge in [0.2, 0.25) is 0 Å². The van der Waals surface area contributed by atoms with Gasteiger partial charge in [0, 0.05) is 17.4 Å². The summed E-state index contributed by atoms with van der Waals surface area (Å²) in [6.45, 7) is 2.64. The first-order chi connectivity index (χ1) is 12.2. The molecule has 0 saturated carbocycles. The van der Waals surface area contributed by atoms with Gasteiger partial charge in [-0.15, -0.1) is 0 Å². The zero-order chi connectivity index (χ0) is 18.6. The number of thiol groups is 2. The molecule has 0 aromatic heterocycles. The zero-order valence-corrected chi connectivity index (χ0v) is 18.0. The molecule has 0 aliphatic carbocycles. The van der Waals surface area contributed by atoms with Crippen LogP contribution in [0.1, 0.15) is 96.8 Å². The van der Waals surface area contributed by atoms with E-state index in [0.29, 0.717) is 18.8 Å². The number of carbonyl (C=O) groups excluding carboxylic acids is 1. The Morgan fingerprint density at radius 2 is 1.40 bits per heavy atom. The normalized spacial score (nSPS) is 12.6. The monoisotopic (exact) mass is 388 g/mol. The van der Waals surface area contributed by atoms with Crippen molar-refractivity contribution in [3.63, 3.8) is 0 Å². The lowest BCUT2D eigenvalue weighted by Crippen LogP contribution is -2.15. The number of hydrogen-bond donors (Lipinski definition) is 2. The van der Waals surface area contributed by atoms with E-state index in [1.807, 2.05) is 0 Å². The molecule has 0 rings (SSSR count). The second-order valence-corrected chi connectivity index (χ2v) is 7.95. The van der Waals surface area contributed by atoms with E-state index in [-0.39, 0.29) is 11.2 Å². The highest BCUT2D eigenvalue weighted by atomic mass is 32.1. The average molecular weight is 389 g/mol. The molecule has 0 aromatic rings. The maximum Gasteiger partial charge on any atom is 0.305 e. The summed E-state index contributed by atoms with van der Waals surface area (Å²) >= 11 is 8.36. The third kappa shape index (κ3) is 20.1. The Balaban J connectivity index is 3.22. The summed E-state index contributed by atoms with van der Waals surface area (Å²) in [7, 11) is 0. The Bertz CT molecular complexity index is 319. The molecule has 148 valence electrons. The third-order valence-corrected chi connectivity index (χ3v) is 5.35. The molecule has 0 amide bonds. The van der Waals surface area contributed by atoms with Gasteiger partial charge in [0.15, 0.2) is 0 Å². The van der Waals surface area contributed by atoms with E-state index in [4.69, 9.17) is 4.74 Å². The van der Waals surface area contributed by atoms with Crippen molar-refractivity contribution in [2.45, 2.75) is 102 Å². The molecule has 0 spiro atoms. The number of allylic oxidation sites excluding steroid dienone is 2. The van der Waals surface area contributed by atoms with Crippen molar-refractivity contribution in [3.05, 3.63) is 12.2 Å². The fourth-order valence-electron chi connectivity index (χ4n) is 2.65. The summed E-state index contributed by atoms with van der Waals surface area (Å²) in [6.07, 6.45) is 21.7. The van der Waals surface area contributed by atoms with Crippen LogP contribution in [0.5, 0.6) is 0 Å². The third-order valence-electron chi connectivity index (χ3n) is 4.29. The second kappa shape index (κ2) is 20.2. The molecule has 25 heavy (non-hydrogen) atoms. The molecule has 0 saturated heterocycles. The Labute approximate surface area is 167 Å². The molecule has 0 aromatic carbocycles. The van der Waals surface area contributed by atoms with Gasteiger partial charge in [0.25, 0.3) is 0 Å². The predicted octanol–water partition coefficient (Wildman–Crippen LogP) is 6.80. The van der Waals surface area contributed by atoms with Gasteiger partial charge in [-0.25, -0.2) is 0 Å². The van der Waals surface area contributed by atoms with Crippen molar-refractivity contribution in [2.75, 3.05) is 12.4 Å². The number of hydrogen-bond acceptors (Lipinski definition) is 4. The van der Waals surface area contributed by atoms with Gasteiger partial charge in [-0.05, 0) is 32.1 Å². The van der Waals surface area contributed by atoms with E-state index >= 15 is 0 Å². The summed E-state index contributed by atoms with van der Waals surface area (Å²) in [5, 5.41) is 0.0430. The SMILES string of the molecule is CCCCCCCCC=CCCCCCCCC(=O)OCC(S)CS. The van der Waals surface area contributed by atoms with E-state index in [1.165, 1.54) is 70.6 Å². The Kier molecular flexibility index (Phi) is 20.2. The fraction of sp³-hybridized carbons (Fsp3) is 0.857. The molecule has 0 heterocycles. The van der Waals surface area contributed by atoms with Gasteiger partial charge in [-0.1, -0.05) is 70.4 Å². The van der Waals surface area contributed by atoms with E-state index in [0.717, 1.165) is 12.8 Å². The van der Waals surface area contributed by atoms with Gasteiger partial charge in [-0.3, -0.25) is 4.79 Å². The maximum atomic E-state index is 11.5. The molecular formula is C21H40O2S2. The van der Waals surface area contributed by atoms with Crippen molar-refractivity contribution >= 4 is 31.2 Å². The van der Waals surface area contributed by atoms with Crippen LogP contribution in [-0.2, 0) is 9.53 Å². The second-order valence-electron chi connectivity index (χ2n) is 6.85. The summed E-state index contributed by atoms with van der Waals surface area (Å²) in [6, 6.07) is 0. The minimum absolute atomic E-state index is 0.0430. The lowest BCUT2D eigenvalue weighted by atomic mass is 10.1. The van der Waals surface area contributed by atoms with Crippen LogP contribution in [0, 0.1) is 0 Å². The van der Waals surface area contributed by atoms with Crippen molar-refractivity contribution in [1.29, 1.82) is 0 Å². The minimum atomic E-state index is -0.0986. The fourth-order valence-corrected chi connectivity index (χ4v) is 2.83. The Hall–Kier alpha value is -0.0900. The largest absolute Gasteiger partial charge is 0.464 e. The standard InChI is InChI=1S/C21H40O2S2/c1-2-3-4-5-6-7-8-9-10-11-12-13-14-15-16-17-21(22)23-18-20(25)19-24/h9-10,20,24-25H,2-8,11-19H2,1H3. The summed E-state index contributed by atoms with van der Waals surface area (Å²) in [5.74, 6) is 0.530. The first-order valence-electron chi connectivity index (χ1n) is 10.3. The van der Waals surface area contributed by atoms with Crippen molar-refractivity contribution in [3.8, 4) is 0 Å². The molecule has 4 heteroatoms. The van der Waals surface area contributed by atoms with E-state index in [2.05, 4.69) is 44.3 Å². The molecule has 0 N–H and O–H groups in total. The molecule has 0 aliphatic rings. The Morgan fingerprint density at radius 1 is 0.880 bits per heavy atom. The molecular weight excluding hydrogens is 348 g/mol. The number of unbranched alkanes of at least 4 members (excludes halogenated alkanes) is 11. The number of carbonyl (C=O) groups is 1. The lowest BCUT2D eigenvalue weighted by Gasteiger charge is -2.08. The highest BCUT2D eigenvalue weighted by Gasteiger charge is 2.06. The molecule has 0 radical (unpaired) electrons. The average Bonchev–Trinajstić information content (AvgIpc) is 2.62. The number of esters is 1. The first-order valence-corrected chi connectivity index (χ1v) is 11.4. The highest BCUT2D eigenvalue weighted by molar-refractivity contribution is 7.84. The summed E-state index contributed by atoms with van der Waals surface area (Å²) in [4.78, 5) is 11.5. The van der Waals surface area contributed by atoms with Crippen molar-refractivity contribution < 1.29 is 9.53 Å². The number of ether oxygens (including phenoxy) is 1. The van der Waals surface area contributed by atoms with E-state index < -0.39 is 0 Å². The van der Waals surface area contributed by atoms with Crippen LogP contribution >= 0.6 is 25.3 Å². The first kappa shape index (κ1) is 24.9. The van der Waals surface area contributed by atoms with Gasteiger partial charge < -0.3 is 4.74 Å². The smallest absolute Gasteiger partial charge is 0.305 e. The molecule has 0 bridgehead atoms. The number of rotatable bonds is 18. The van der Waals surface area contributed by atoms with Crippen molar-refractivity contribution in [2.24, 2.45) is 0 Å². The zero-order valence-electron chi connectivity index (χ0n) is 16.3. The van der Waals surface area contributed by atoms with Gasteiger partial charge >= 0.3 is 5.97 Å². The molecule has 1 unspecified atom stereocenters. The quantitative estimate of drug-likeness (QED) is 0.117. The highest BCUT2D eigenvalue weighted by Crippen LogP contribution is 2.10. The topological polar surface area (TPSA) is 26.3 Å². The predicted molar refractivity (Wildman–Crippen MR) is 117 cm³/mol. The van der Waals surface area contributed by atoms with Gasteiger partial charge in [-0.2, -0.15) is 25.3 Å². The maximum absolute atomic E-state index is 11.5. The van der Waals surface area contributed by atoms with Crippen LogP contribution in [0.4, 0.5) is 0 Å². The lowest BCUT2D eigenvalue weighted by molar-refractivity contribution is -0.143. The van der Waals surface area contributed by atoms with Gasteiger partial charge in [0.1, 0.15) is 6.61 Å². The van der Waals surface area contributed by atoms with E-state index in [1.54, 1.807) is 0 Å². The van der Waals surface area contributed by atoms with Crippen LogP contribution in [-0.4, -0.2) is 23.6 Å². The molecule has 0 aliphatic heterocycles. The summed E-state index contributed by atoms with van der Waals surface area (Å²) < 4.78 is 5.14. The minimum Gasteiger partial charge on any atom is -0.464 e. The molecule has 1 atom stereocenters. The van der Waals surface area contributed by atoms with Crippen LogP contribution < -0.4 is 0 Å². The van der Waals surface area contributed by atoms with Gasteiger partial charge in [0.05, 0.1) is 0 Å². The summed E-state index contributed by atoms with van der Waals surface area (Å²) in [5.41, 5.74) is 0. The van der Waals surface area contributed by atoms with Crippen LogP contribution in [0.25, 0.3) is 0 Å². The van der Waals surface area contributed by atoms with E-state index in [9.17, 15) is 4.79 Å².